The van der Waals surface area contributed by atoms with Crippen molar-refractivity contribution in [3.05, 3.63) is 46.2 Å². The van der Waals surface area contributed by atoms with Gasteiger partial charge in [0.1, 0.15) is 0 Å². The summed E-state index contributed by atoms with van der Waals surface area (Å²) in [5.74, 6) is -0.879. The van der Waals surface area contributed by atoms with Crippen LogP contribution in [0.5, 0.6) is 0 Å². The van der Waals surface area contributed by atoms with Gasteiger partial charge < -0.3 is 10.8 Å². The molecule has 1 aromatic carbocycles. The molecule has 8 nitrogen and oxygen atoms in total. The number of azo groups is 1. The van der Waals surface area contributed by atoms with Crippen molar-refractivity contribution in [2.75, 3.05) is 5.73 Å². The van der Waals surface area contributed by atoms with E-state index in [4.69, 9.17) is 22.4 Å². The molecule has 0 spiro atoms. The summed E-state index contributed by atoms with van der Waals surface area (Å²) < 4.78 is 1.51. The number of anilines is 1. The zero-order valence-electron chi connectivity index (χ0n) is 12.9. The monoisotopic (exact) mass is 344 g/mol. The van der Waals surface area contributed by atoms with Crippen molar-refractivity contribution in [2.24, 2.45) is 10.2 Å². The number of benzene rings is 1. The van der Waals surface area contributed by atoms with Crippen molar-refractivity contribution in [3.63, 3.8) is 0 Å². The first-order chi connectivity index (χ1) is 11.4. The molecule has 0 atom stereocenters. The number of nitrogens with two attached hydrogens (primary N) is 1. The lowest BCUT2D eigenvalue weighted by Crippen LogP contribution is -1.99. The van der Waals surface area contributed by atoms with Crippen LogP contribution in [0.1, 0.15) is 21.7 Å². The molecule has 0 saturated heterocycles. The number of nitrogens with zero attached hydrogens (tertiary/aromatic N) is 5. The van der Waals surface area contributed by atoms with Gasteiger partial charge in [-0.2, -0.15) is 5.11 Å². The molecule has 24 heavy (non-hydrogen) atoms. The minimum Gasteiger partial charge on any atom is -0.478 e. The Kier molecular flexibility index (Phi) is 3.90. The van der Waals surface area contributed by atoms with E-state index in [0.29, 0.717) is 33.4 Å². The van der Waals surface area contributed by atoms with Gasteiger partial charge >= 0.3 is 5.97 Å². The number of carboxylic acids is 1. The first-order valence-electron chi connectivity index (χ1n) is 6.94. The summed E-state index contributed by atoms with van der Waals surface area (Å²) in [6.07, 6.45) is 0. The highest BCUT2D eigenvalue weighted by Crippen LogP contribution is 2.31. The molecule has 0 radical (unpaired) electrons. The number of aromatic nitrogens is 3. The molecule has 0 bridgehead atoms. The van der Waals surface area contributed by atoms with Crippen LogP contribution in [0.4, 0.5) is 17.2 Å². The van der Waals surface area contributed by atoms with E-state index in [9.17, 15) is 4.79 Å². The number of fused-ring (bicyclic) bond motifs is 1. The first-order valence-corrected chi connectivity index (χ1v) is 7.32. The molecule has 2 heterocycles. The Balaban J connectivity index is 2.09. The molecule has 3 N–H and O–H groups in total. The summed E-state index contributed by atoms with van der Waals surface area (Å²) in [6, 6.07) is 6.11. The maximum atomic E-state index is 11.0. The molecule has 0 amide bonds. The summed E-state index contributed by atoms with van der Waals surface area (Å²) >= 11 is 6.16. The quantitative estimate of drug-likeness (QED) is 0.702. The van der Waals surface area contributed by atoms with Crippen LogP contribution in [0, 0.1) is 13.8 Å². The molecule has 0 saturated carbocycles. The zero-order valence-corrected chi connectivity index (χ0v) is 13.6. The largest absolute Gasteiger partial charge is 0.478 e. The molecule has 3 aromatic rings. The van der Waals surface area contributed by atoms with Gasteiger partial charge in [-0.25, -0.2) is 14.3 Å². The number of carboxylic acid groups (broad SMARTS) is 1. The van der Waals surface area contributed by atoms with Crippen molar-refractivity contribution < 1.29 is 9.90 Å². The van der Waals surface area contributed by atoms with Gasteiger partial charge in [0.2, 0.25) is 0 Å². The SMILES string of the molecule is Cc1nc2c(N=Nc3cccc(C(=O)O)c3)c(N)nn2c(C)c1Cl. The topological polar surface area (TPSA) is 118 Å². The van der Waals surface area contributed by atoms with Gasteiger partial charge in [0.05, 0.1) is 27.7 Å². The summed E-state index contributed by atoms with van der Waals surface area (Å²) in [6.45, 7) is 3.57. The number of carbonyl (C=O) groups is 1. The zero-order chi connectivity index (χ0) is 17.4. The molecule has 2 aromatic heterocycles. The number of aromatic carboxylic acids is 1. The fourth-order valence-electron chi connectivity index (χ4n) is 2.22. The molecule has 0 aliphatic heterocycles. The normalized spacial score (nSPS) is 11.5. The Morgan fingerprint density at radius 2 is 2.08 bits per heavy atom. The predicted octanol–water partition coefficient (Wildman–Crippen LogP) is 3.70. The van der Waals surface area contributed by atoms with E-state index in [0.717, 1.165) is 0 Å². The average molecular weight is 345 g/mol. The van der Waals surface area contributed by atoms with Gasteiger partial charge in [0, 0.05) is 0 Å². The van der Waals surface area contributed by atoms with E-state index in [1.165, 1.54) is 16.6 Å². The minimum atomic E-state index is -1.04. The molecule has 0 aliphatic carbocycles. The van der Waals surface area contributed by atoms with Crippen molar-refractivity contribution >= 4 is 40.4 Å². The highest BCUT2D eigenvalue weighted by molar-refractivity contribution is 6.31. The maximum absolute atomic E-state index is 11.0. The average Bonchev–Trinajstić information content (AvgIpc) is 2.87. The van der Waals surface area contributed by atoms with Crippen LogP contribution in [0.2, 0.25) is 5.02 Å². The van der Waals surface area contributed by atoms with Gasteiger partial charge in [0.25, 0.3) is 0 Å². The molecule has 9 heteroatoms. The molecule has 0 unspecified atom stereocenters. The number of rotatable bonds is 3. The summed E-state index contributed by atoms with van der Waals surface area (Å²) in [7, 11) is 0. The standard InChI is InChI=1S/C15H13ClN6O2/c1-7-11(16)8(2)22-14(18-7)12(13(17)21-22)20-19-10-5-3-4-9(6-10)15(23)24/h3-6H,1-2H3,(H2,17,21)(H,23,24). The Hall–Kier alpha value is -3.00. The number of nitrogen functional groups attached to an aromatic ring is 1. The van der Waals surface area contributed by atoms with Crippen LogP contribution in [0.15, 0.2) is 34.5 Å². The fourth-order valence-corrected chi connectivity index (χ4v) is 2.34. The lowest BCUT2D eigenvalue weighted by molar-refractivity contribution is 0.0697. The lowest BCUT2D eigenvalue weighted by Gasteiger charge is -2.03. The fraction of sp³-hybridized carbons (Fsp3) is 0.133. The van der Waals surface area contributed by atoms with E-state index in [-0.39, 0.29) is 11.4 Å². The summed E-state index contributed by atoms with van der Waals surface area (Å²) in [5.41, 5.74) is 8.47. The number of hydrogen-bond donors (Lipinski definition) is 2. The second-order valence-electron chi connectivity index (χ2n) is 5.12. The lowest BCUT2D eigenvalue weighted by atomic mass is 10.2. The Bertz CT molecular complexity index is 995. The van der Waals surface area contributed by atoms with E-state index >= 15 is 0 Å². The first kappa shape index (κ1) is 15.9. The van der Waals surface area contributed by atoms with E-state index < -0.39 is 5.97 Å². The van der Waals surface area contributed by atoms with Crippen LogP contribution in [-0.2, 0) is 0 Å². The molecule has 3 rings (SSSR count). The van der Waals surface area contributed by atoms with Crippen LogP contribution >= 0.6 is 11.6 Å². The second kappa shape index (κ2) is 5.89. The number of halogens is 1. The summed E-state index contributed by atoms with van der Waals surface area (Å²) in [5, 5.41) is 21.8. The molecule has 0 fully saturated rings. The third kappa shape index (κ3) is 2.67. The number of hydrogen-bond acceptors (Lipinski definition) is 6. The van der Waals surface area contributed by atoms with E-state index in [2.05, 4.69) is 20.3 Å². The Morgan fingerprint density at radius 3 is 2.79 bits per heavy atom. The van der Waals surface area contributed by atoms with Gasteiger partial charge in [0.15, 0.2) is 17.2 Å². The third-order valence-electron chi connectivity index (χ3n) is 3.45. The smallest absolute Gasteiger partial charge is 0.335 e. The number of aryl methyl sites for hydroxylation is 2. The third-order valence-corrected chi connectivity index (χ3v) is 3.99. The van der Waals surface area contributed by atoms with Crippen molar-refractivity contribution in [1.29, 1.82) is 0 Å². The molecule has 122 valence electrons. The molecule has 0 aliphatic rings. The van der Waals surface area contributed by atoms with Crippen LogP contribution in [-0.4, -0.2) is 25.7 Å². The van der Waals surface area contributed by atoms with Crippen molar-refractivity contribution in [3.8, 4) is 0 Å². The molecular weight excluding hydrogens is 332 g/mol. The van der Waals surface area contributed by atoms with Crippen molar-refractivity contribution in [2.45, 2.75) is 13.8 Å². The van der Waals surface area contributed by atoms with E-state index in [1.807, 2.05) is 0 Å². The Labute approximate surface area is 141 Å². The van der Waals surface area contributed by atoms with Gasteiger partial charge in [-0.05, 0) is 32.0 Å². The Morgan fingerprint density at radius 1 is 1.33 bits per heavy atom. The van der Waals surface area contributed by atoms with Gasteiger partial charge in [-0.15, -0.1) is 10.2 Å². The van der Waals surface area contributed by atoms with E-state index in [1.54, 1.807) is 26.0 Å². The van der Waals surface area contributed by atoms with Crippen LogP contribution in [0.3, 0.4) is 0 Å². The highest BCUT2D eigenvalue weighted by atomic mass is 35.5. The second-order valence-corrected chi connectivity index (χ2v) is 5.50. The van der Waals surface area contributed by atoms with Gasteiger partial charge in [-0.3, -0.25) is 0 Å². The highest BCUT2D eigenvalue weighted by Gasteiger charge is 2.16. The minimum absolute atomic E-state index is 0.121. The summed E-state index contributed by atoms with van der Waals surface area (Å²) in [4.78, 5) is 15.3. The van der Waals surface area contributed by atoms with Crippen LogP contribution < -0.4 is 5.73 Å². The maximum Gasteiger partial charge on any atom is 0.335 e. The van der Waals surface area contributed by atoms with Crippen LogP contribution in [0.25, 0.3) is 5.65 Å². The molecular formula is C15H13ClN6O2. The van der Waals surface area contributed by atoms with Crippen molar-refractivity contribution in [1.82, 2.24) is 14.6 Å². The predicted molar refractivity (Wildman–Crippen MR) is 89.5 cm³/mol. The van der Waals surface area contributed by atoms with Gasteiger partial charge in [-0.1, -0.05) is 17.7 Å².